The first kappa shape index (κ1) is 15.5. The van der Waals surface area contributed by atoms with Gasteiger partial charge in [-0.3, -0.25) is 4.79 Å². The van der Waals surface area contributed by atoms with Crippen LogP contribution in [0, 0.1) is 0 Å². The summed E-state index contributed by atoms with van der Waals surface area (Å²) >= 11 is 5.32. The molecule has 4 nitrogen and oxygen atoms in total. The zero-order chi connectivity index (χ0) is 12.4. The van der Waals surface area contributed by atoms with Gasteiger partial charge in [-0.2, -0.15) is 13.2 Å². The minimum absolute atomic E-state index is 0.213. The highest BCUT2D eigenvalue weighted by Crippen LogP contribution is 2.13. The number of carbonyl (C=O) groups excluding carboxylic acids is 1. The van der Waals surface area contributed by atoms with Crippen molar-refractivity contribution in [3.63, 3.8) is 0 Å². The molecule has 0 unspecified atom stereocenters. The lowest BCUT2D eigenvalue weighted by Crippen LogP contribution is -2.32. The summed E-state index contributed by atoms with van der Waals surface area (Å²) in [6.45, 7) is -1.21. The molecule has 0 saturated carbocycles. The molecule has 0 aliphatic heterocycles. The van der Waals surface area contributed by atoms with Crippen molar-refractivity contribution in [3.05, 3.63) is 0 Å². The van der Waals surface area contributed by atoms with Crippen LogP contribution in [0.1, 0.15) is 0 Å². The van der Waals surface area contributed by atoms with Crippen molar-refractivity contribution < 1.29 is 27.4 Å². The SMILES string of the molecule is O=C(COCC(F)(F)F)NCCOCCCl. The lowest BCUT2D eigenvalue weighted by molar-refractivity contribution is -0.175. The number of rotatable bonds is 8. The van der Waals surface area contributed by atoms with Gasteiger partial charge in [0.15, 0.2) is 0 Å². The highest BCUT2D eigenvalue weighted by Gasteiger charge is 2.27. The van der Waals surface area contributed by atoms with Crippen molar-refractivity contribution in [2.75, 3.05) is 38.9 Å². The highest BCUT2D eigenvalue weighted by molar-refractivity contribution is 6.17. The molecular weight excluding hydrogens is 251 g/mol. The molecule has 1 N–H and O–H groups in total. The summed E-state index contributed by atoms with van der Waals surface area (Å²) < 4.78 is 43.9. The molecule has 8 heteroatoms. The molecule has 0 aliphatic carbocycles. The Morgan fingerprint density at radius 2 is 1.94 bits per heavy atom. The summed E-state index contributed by atoms with van der Waals surface area (Å²) in [6.07, 6.45) is -4.41. The predicted octanol–water partition coefficient (Wildman–Crippen LogP) is 0.937. The summed E-state index contributed by atoms with van der Waals surface area (Å²) in [7, 11) is 0. The maximum Gasteiger partial charge on any atom is 0.411 e. The van der Waals surface area contributed by atoms with E-state index in [9.17, 15) is 18.0 Å². The molecule has 0 heterocycles. The molecule has 1 amide bonds. The van der Waals surface area contributed by atoms with E-state index in [1.54, 1.807) is 0 Å². The first-order valence-electron chi connectivity index (χ1n) is 4.50. The normalized spacial score (nSPS) is 11.5. The van der Waals surface area contributed by atoms with E-state index in [0.717, 1.165) is 0 Å². The number of carbonyl (C=O) groups is 1. The Labute approximate surface area is 96.0 Å². The highest BCUT2D eigenvalue weighted by atomic mass is 35.5. The number of hydrogen-bond donors (Lipinski definition) is 1. The molecular formula is C8H13ClF3NO3. The van der Waals surface area contributed by atoms with E-state index in [2.05, 4.69) is 10.1 Å². The third-order valence-corrected chi connectivity index (χ3v) is 1.44. The smallest absolute Gasteiger partial charge is 0.378 e. The number of ether oxygens (including phenoxy) is 2. The van der Waals surface area contributed by atoms with Crippen molar-refractivity contribution in [2.24, 2.45) is 0 Å². The van der Waals surface area contributed by atoms with E-state index < -0.39 is 25.3 Å². The van der Waals surface area contributed by atoms with E-state index in [1.807, 2.05) is 0 Å². The minimum Gasteiger partial charge on any atom is -0.378 e. The van der Waals surface area contributed by atoms with Gasteiger partial charge in [0.1, 0.15) is 13.2 Å². The molecule has 0 aliphatic rings. The van der Waals surface area contributed by atoms with E-state index in [1.165, 1.54) is 0 Å². The van der Waals surface area contributed by atoms with Crippen molar-refractivity contribution in [1.29, 1.82) is 0 Å². The molecule has 96 valence electrons. The van der Waals surface area contributed by atoms with Gasteiger partial charge in [-0.05, 0) is 0 Å². The first-order chi connectivity index (χ1) is 7.45. The molecule has 0 spiro atoms. The van der Waals surface area contributed by atoms with E-state index in [-0.39, 0.29) is 13.2 Å². The third-order valence-electron chi connectivity index (χ3n) is 1.29. The van der Waals surface area contributed by atoms with Gasteiger partial charge in [-0.15, -0.1) is 11.6 Å². The van der Waals surface area contributed by atoms with Gasteiger partial charge in [-0.25, -0.2) is 0 Å². The molecule has 0 bridgehead atoms. The standard InChI is InChI=1S/C8H13ClF3NO3/c9-1-3-15-4-2-13-7(14)5-16-6-8(10,11)12/h1-6H2,(H,13,14). The van der Waals surface area contributed by atoms with Crippen LogP contribution in [-0.2, 0) is 14.3 Å². The lowest BCUT2D eigenvalue weighted by atomic mass is 10.6. The van der Waals surface area contributed by atoms with Crippen LogP contribution < -0.4 is 5.32 Å². The third kappa shape index (κ3) is 11.5. The Bertz CT molecular complexity index is 201. The fraction of sp³-hybridized carbons (Fsp3) is 0.875. The fourth-order valence-corrected chi connectivity index (χ4v) is 0.839. The van der Waals surface area contributed by atoms with Crippen molar-refractivity contribution >= 4 is 17.5 Å². The number of amides is 1. The zero-order valence-electron chi connectivity index (χ0n) is 8.48. The van der Waals surface area contributed by atoms with Crippen molar-refractivity contribution in [2.45, 2.75) is 6.18 Å². The second-order valence-electron chi connectivity index (χ2n) is 2.76. The number of alkyl halides is 4. The van der Waals surface area contributed by atoms with Gasteiger partial charge in [0.25, 0.3) is 0 Å². The molecule has 0 aromatic heterocycles. The van der Waals surface area contributed by atoms with E-state index in [4.69, 9.17) is 16.3 Å². The maximum absolute atomic E-state index is 11.6. The van der Waals surface area contributed by atoms with Crippen LogP contribution in [0.15, 0.2) is 0 Å². The Balaban J connectivity index is 3.32. The quantitative estimate of drug-likeness (QED) is 0.524. The minimum atomic E-state index is -4.41. The molecule has 0 aromatic rings. The molecule has 16 heavy (non-hydrogen) atoms. The molecule has 0 fully saturated rings. The van der Waals surface area contributed by atoms with Gasteiger partial charge in [0.2, 0.25) is 5.91 Å². The van der Waals surface area contributed by atoms with Gasteiger partial charge in [0.05, 0.1) is 13.2 Å². The molecule has 0 atom stereocenters. The average Bonchev–Trinajstić information content (AvgIpc) is 2.15. The van der Waals surface area contributed by atoms with Crippen LogP contribution in [-0.4, -0.2) is 50.9 Å². The Morgan fingerprint density at radius 1 is 1.25 bits per heavy atom. The Morgan fingerprint density at radius 3 is 2.50 bits per heavy atom. The topological polar surface area (TPSA) is 47.6 Å². The summed E-state index contributed by atoms with van der Waals surface area (Å²) in [5.74, 6) is -0.262. The Hall–Kier alpha value is -0.530. The molecule has 0 aromatic carbocycles. The van der Waals surface area contributed by atoms with Crippen LogP contribution in [0.5, 0.6) is 0 Å². The second kappa shape index (κ2) is 8.60. The summed E-state index contributed by atoms with van der Waals surface area (Å²) in [6, 6.07) is 0. The van der Waals surface area contributed by atoms with Crippen LogP contribution in [0.25, 0.3) is 0 Å². The van der Waals surface area contributed by atoms with E-state index in [0.29, 0.717) is 12.5 Å². The first-order valence-corrected chi connectivity index (χ1v) is 5.04. The van der Waals surface area contributed by atoms with Gasteiger partial charge >= 0.3 is 6.18 Å². The van der Waals surface area contributed by atoms with E-state index >= 15 is 0 Å². The molecule has 0 rings (SSSR count). The monoisotopic (exact) mass is 263 g/mol. The van der Waals surface area contributed by atoms with Crippen molar-refractivity contribution in [1.82, 2.24) is 5.32 Å². The summed E-state index contributed by atoms with van der Waals surface area (Å²) in [5.41, 5.74) is 0. The number of hydrogen-bond acceptors (Lipinski definition) is 3. The van der Waals surface area contributed by atoms with Crippen LogP contribution >= 0.6 is 11.6 Å². The van der Waals surface area contributed by atoms with Crippen LogP contribution in [0.4, 0.5) is 13.2 Å². The average molecular weight is 264 g/mol. The second-order valence-corrected chi connectivity index (χ2v) is 3.14. The number of nitrogens with one attached hydrogen (secondary N) is 1. The van der Waals surface area contributed by atoms with Crippen LogP contribution in [0.2, 0.25) is 0 Å². The zero-order valence-corrected chi connectivity index (χ0v) is 9.24. The summed E-state index contributed by atoms with van der Waals surface area (Å²) in [5, 5.41) is 2.33. The number of halogens is 4. The van der Waals surface area contributed by atoms with Crippen molar-refractivity contribution in [3.8, 4) is 0 Å². The van der Waals surface area contributed by atoms with Gasteiger partial charge in [0, 0.05) is 12.4 Å². The lowest BCUT2D eigenvalue weighted by Gasteiger charge is -2.08. The summed E-state index contributed by atoms with van der Waals surface area (Å²) in [4.78, 5) is 10.9. The van der Waals surface area contributed by atoms with Crippen LogP contribution in [0.3, 0.4) is 0 Å². The maximum atomic E-state index is 11.6. The fourth-order valence-electron chi connectivity index (χ4n) is 0.730. The predicted molar refractivity (Wildman–Crippen MR) is 51.4 cm³/mol. The molecule has 0 radical (unpaired) electrons. The van der Waals surface area contributed by atoms with Gasteiger partial charge < -0.3 is 14.8 Å². The Kier molecular flexibility index (Phi) is 8.32. The largest absolute Gasteiger partial charge is 0.411 e. The van der Waals surface area contributed by atoms with Gasteiger partial charge in [-0.1, -0.05) is 0 Å². The molecule has 0 saturated heterocycles.